The second-order valence-electron chi connectivity index (χ2n) is 2.84. The molecule has 0 unspecified atom stereocenters. The monoisotopic (exact) mass is 165 g/mol. The molecule has 0 atom stereocenters. The lowest BCUT2D eigenvalue weighted by Crippen LogP contribution is -2.16. The summed E-state index contributed by atoms with van der Waals surface area (Å²) in [6.45, 7) is 12.6. The molecule has 0 fully saturated rings. The first-order valence-corrected chi connectivity index (χ1v) is 4.31. The average molecular weight is 165 g/mol. The third kappa shape index (κ3) is 2.95. The van der Waals surface area contributed by atoms with E-state index in [2.05, 4.69) is 39.0 Å². The molecule has 0 saturated carbocycles. The smallest absolute Gasteiger partial charge is 0.0350 e. The summed E-state index contributed by atoms with van der Waals surface area (Å²) >= 11 is 0. The fourth-order valence-electron chi connectivity index (χ4n) is 1.12. The van der Waals surface area contributed by atoms with E-state index in [1.807, 2.05) is 12.2 Å². The van der Waals surface area contributed by atoms with Gasteiger partial charge < -0.3 is 4.90 Å². The normalized spacial score (nSPS) is 11.9. The van der Waals surface area contributed by atoms with Gasteiger partial charge in [-0.3, -0.25) is 0 Å². The third-order valence-corrected chi connectivity index (χ3v) is 2.07. The van der Waals surface area contributed by atoms with E-state index in [0.29, 0.717) is 0 Å². The van der Waals surface area contributed by atoms with Crippen molar-refractivity contribution >= 4 is 0 Å². The highest BCUT2D eigenvalue weighted by Gasteiger charge is 2.00. The Morgan fingerprint density at radius 3 is 2.33 bits per heavy atom. The van der Waals surface area contributed by atoms with Gasteiger partial charge in [0.15, 0.2) is 0 Å². The molecule has 0 aromatic carbocycles. The van der Waals surface area contributed by atoms with E-state index in [1.165, 1.54) is 11.3 Å². The average Bonchev–Trinajstić information content (AvgIpc) is 2.07. The van der Waals surface area contributed by atoms with Crippen molar-refractivity contribution in [3.05, 3.63) is 36.6 Å². The van der Waals surface area contributed by atoms with Crippen molar-refractivity contribution in [2.24, 2.45) is 0 Å². The van der Waals surface area contributed by atoms with Gasteiger partial charge in [-0.15, -0.1) is 6.58 Å². The molecule has 0 radical (unpaired) electrons. The maximum absolute atomic E-state index is 3.79. The van der Waals surface area contributed by atoms with Gasteiger partial charge in [-0.05, 0) is 18.9 Å². The molecule has 0 bridgehead atoms. The summed E-state index contributed by atoms with van der Waals surface area (Å²) in [5, 5.41) is 0. The van der Waals surface area contributed by atoms with Crippen LogP contribution in [0.3, 0.4) is 0 Å². The molecule has 0 aliphatic carbocycles. The van der Waals surface area contributed by atoms with Crippen molar-refractivity contribution in [1.29, 1.82) is 0 Å². The Kier molecular flexibility index (Phi) is 5.18. The van der Waals surface area contributed by atoms with Crippen molar-refractivity contribution in [3.63, 3.8) is 0 Å². The van der Waals surface area contributed by atoms with E-state index in [-0.39, 0.29) is 0 Å². The zero-order chi connectivity index (χ0) is 9.56. The minimum Gasteiger partial charge on any atom is -0.374 e. The molecule has 0 saturated heterocycles. The molecule has 0 aromatic rings. The van der Waals surface area contributed by atoms with E-state index in [4.69, 9.17) is 0 Å². The molecule has 0 aromatic heterocycles. The van der Waals surface area contributed by atoms with Gasteiger partial charge in [-0.1, -0.05) is 25.7 Å². The van der Waals surface area contributed by atoms with Crippen LogP contribution in [0.5, 0.6) is 0 Å². The minimum atomic E-state index is 0.892. The Morgan fingerprint density at radius 1 is 1.42 bits per heavy atom. The minimum absolute atomic E-state index is 0.892. The summed E-state index contributed by atoms with van der Waals surface area (Å²) in [4.78, 5) is 2.17. The highest BCUT2D eigenvalue weighted by Crippen LogP contribution is 2.11. The second-order valence-corrected chi connectivity index (χ2v) is 2.84. The molecule has 0 spiro atoms. The van der Waals surface area contributed by atoms with Crippen LogP contribution in [0.15, 0.2) is 36.6 Å². The Balaban J connectivity index is 4.48. The van der Waals surface area contributed by atoms with Crippen molar-refractivity contribution < 1.29 is 0 Å². The Labute approximate surface area is 76.1 Å². The molecular weight excluding hydrogens is 146 g/mol. The SMILES string of the molecule is C=CCN(C)/C(C)=C(/C=C)CC. The summed E-state index contributed by atoms with van der Waals surface area (Å²) in [6.07, 6.45) is 4.87. The first-order valence-electron chi connectivity index (χ1n) is 4.31. The molecule has 1 heteroatoms. The molecule has 0 aliphatic rings. The molecule has 0 aliphatic heterocycles. The summed E-state index contributed by atoms with van der Waals surface area (Å²) in [5.41, 5.74) is 2.59. The van der Waals surface area contributed by atoms with Gasteiger partial charge in [-0.2, -0.15) is 0 Å². The van der Waals surface area contributed by atoms with Crippen LogP contribution in [-0.4, -0.2) is 18.5 Å². The van der Waals surface area contributed by atoms with Crippen LogP contribution in [0, 0.1) is 0 Å². The predicted octanol–water partition coefficient (Wildman–Crippen LogP) is 2.97. The lowest BCUT2D eigenvalue weighted by molar-refractivity contribution is 0.460. The number of allylic oxidation sites excluding steroid dienone is 3. The van der Waals surface area contributed by atoms with Gasteiger partial charge in [-0.25, -0.2) is 0 Å². The quantitative estimate of drug-likeness (QED) is 0.447. The fourth-order valence-corrected chi connectivity index (χ4v) is 1.12. The van der Waals surface area contributed by atoms with Crippen molar-refractivity contribution in [1.82, 2.24) is 4.90 Å². The topological polar surface area (TPSA) is 3.24 Å². The largest absolute Gasteiger partial charge is 0.374 e. The van der Waals surface area contributed by atoms with Crippen LogP contribution in [-0.2, 0) is 0 Å². The van der Waals surface area contributed by atoms with E-state index in [0.717, 1.165) is 13.0 Å². The molecule has 12 heavy (non-hydrogen) atoms. The molecule has 0 heterocycles. The van der Waals surface area contributed by atoms with Gasteiger partial charge >= 0.3 is 0 Å². The van der Waals surface area contributed by atoms with E-state index in [1.54, 1.807) is 0 Å². The highest BCUT2D eigenvalue weighted by molar-refractivity contribution is 5.21. The summed E-state index contributed by atoms with van der Waals surface area (Å²) < 4.78 is 0. The Morgan fingerprint density at radius 2 is 2.00 bits per heavy atom. The van der Waals surface area contributed by atoms with Gasteiger partial charge in [0.25, 0.3) is 0 Å². The van der Waals surface area contributed by atoms with Crippen LogP contribution >= 0.6 is 0 Å². The van der Waals surface area contributed by atoms with Crippen LogP contribution in [0.1, 0.15) is 20.3 Å². The maximum Gasteiger partial charge on any atom is 0.0350 e. The molecule has 0 rings (SSSR count). The first kappa shape index (κ1) is 11.0. The van der Waals surface area contributed by atoms with E-state index >= 15 is 0 Å². The maximum atomic E-state index is 3.79. The predicted molar refractivity (Wildman–Crippen MR) is 56.0 cm³/mol. The number of rotatable bonds is 5. The third-order valence-electron chi connectivity index (χ3n) is 2.07. The summed E-state index contributed by atoms with van der Waals surface area (Å²) in [6, 6.07) is 0. The molecule has 0 amide bonds. The lowest BCUT2D eigenvalue weighted by atomic mass is 10.1. The summed E-state index contributed by atoms with van der Waals surface area (Å²) in [5.74, 6) is 0. The molecular formula is C11H19N. The van der Waals surface area contributed by atoms with Crippen molar-refractivity contribution in [2.75, 3.05) is 13.6 Å². The van der Waals surface area contributed by atoms with Gasteiger partial charge in [0.05, 0.1) is 0 Å². The first-order chi connectivity index (χ1) is 5.67. The fraction of sp³-hybridized carbons (Fsp3) is 0.455. The van der Waals surface area contributed by atoms with Crippen LogP contribution < -0.4 is 0 Å². The van der Waals surface area contributed by atoms with Gasteiger partial charge in [0.2, 0.25) is 0 Å². The zero-order valence-corrected chi connectivity index (χ0v) is 8.43. The van der Waals surface area contributed by atoms with Gasteiger partial charge in [0, 0.05) is 19.3 Å². The highest BCUT2D eigenvalue weighted by atomic mass is 15.1. The number of nitrogens with zero attached hydrogens (tertiary/aromatic N) is 1. The lowest BCUT2D eigenvalue weighted by Gasteiger charge is -2.20. The standard InChI is InChI=1S/C11H19N/c1-6-9-12(5)10(4)11(7-2)8-3/h6-7H,1-2,8-9H2,3-5H3/b11-10-. The Bertz CT molecular complexity index is 189. The number of hydrogen-bond acceptors (Lipinski definition) is 1. The summed E-state index contributed by atoms with van der Waals surface area (Å²) in [7, 11) is 2.07. The van der Waals surface area contributed by atoms with E-state index < -0.39 is 0 Å². The van der Waals surface area contributed by atoms with Crippen LogP contribution in [0.4, 0.5) is 0 Å². The molecule has 0 N–H and O–H groups in total. The van der Waals surface area contributed by atoms with Crippen molar-refractivity contribution in [3.8, 4) is 0 Å². The van der Waals surface area contributed by atoms with Crippen molar-refractivity contribution in [2.45, 2.75) is 20.3 Å². The van der Waals surface area contributed by atoms with Crippen LogP contribution in [0.2, 0.25) is 0 Å². The molecule has 1 nitrogen and oxygen atoms in total. The van der Waals surface area contributed by atoms with E-state index in [9.17, 15) is 0 Å². The Hall–Kier alpha value is -0.980. The molecule has 68 valence electrons. The van der Waals surface area contributed by atoms with Gasteiger partial charge in [0.1, 0.15) is 0 Å². The van der Waals surface area contributed by atoms with Crippen LogP contribution in [0.25, 0.3) is 0 Å². The zero-order valence-electron chi connectivity index (χ0n) is 8.43. The second kappa shape index (κ2) is 5.64. The number of likely N-dealkylation sites (N-methyl/N-ethyl adjacent to an activating group) is 1. The number of hydrogen-bond donors (Lipinski definition) is 0.